The number of aromatic nitrogens is 3. The summed E-state index contributed by atoms with van der Waals surface area (Å²) in [6.07, 6.45) is 8.60. The van der Waals surface area contributed by atoms with Gasteiger partial charge in [0.25, 0.3) is 0 Å². The molecule has 2 aliphatic carbocycles. The first kappa shape index (κ1) is 15.9. The van der Waals surface area contributed by atoms with Crippen molar-refractivity contribution in [3.8, 4) is 0 Å². The molecule has 0 radical (unpaired) electrons. The van der Waals surface area contributed by atoms with Crippen LogP contribution >= 0.6 is 0 Å². The van der Waals surface area contributed by atoms with Crippen LogP contribution in [0.5, 0.6) is 0 Å². The largest absolute Gasteiger partial charge is 0.356 e. The van der Waals surface area contributed by atoms with E-state index in [1.165, 1.54) is 12.8 Å². The van der Waals surface area contributed by atoms with Gasteiger partial charge >= 0.3 is 0 Å². The van der Waals surface area contributed by atoms with Crippen LogP contribution in [-0.2, 0) is 9.84 Å². The molecule has 2 heterocycles. The van der Waals surface area contributed by atoms with Crippen molar-refractivity contribution < 1.29 is 8.42 Å². The van der Waals surface area contributed by atoms with Crippen LogP contribution in [0.1, 0.15) is 32.1 Å². The Kier molecular flexibility index (Phi) is 3.98. The number of fused-ring (bicyclic) bond motifs is 1. The summed E-state index contributed by atoms with van der Waals surface area (Å²) in [4.78, 5) is 13.9. The zero-order chi connectivity index (χ0) is 16.7. The van der Waals surface area contributed by atoms with Gasteiger partial charge in [-0.3, -0.25) is 0 Å². The molecule has 2 fully saturated rings. The van der Waals surface area contributed by atoms with Gasteiger partial charge in [0.15, 0.2) is 9.84 Å². The molecule has 24 heavy (non-hydrogen) atoms. The normalized spacial score (nSPS) is 24.0. The summed E-state index contributed by atoms with van der Waals surface area (Å²) in [6, 6.07) is 2.35. The predicted octanol–water partition coefficient (Wildman–Crippen LogP) is 2.39. The van der Waals surface area contributed by atoms with Crippen LogP contribution in [0, 0.1) is 11.8 Å². The Balaban J connectivity index is 1.34. The van der Waals surface area contributed by atoms with E-state index in [4.69, 9.17) is 0 Å². The number of hydrogen-bond donors (Lipinski definition) is 1. The highest BCUT2D eigenvalue weighted by Gasteiger charge is 2.36. The van der Waals surface area contributed by atoms with Gasteiger partial charge < -0.3 is 9.88 Å². The first-order valence-corrected chi connectivity index (χ1v) is 10.6. The summed E-state index contributed by atoms with van der Waals surface area (Å²) in [5.74, 6) is 2.63. The van der Waals surface area contributed by atoms with Crippen molar-refractivity contribution in [3.05, 3.63) is 18.6 Å². The van der Waals surface area contributed by atoms with Gasteiger partial charge in [0, 0.05) is 19.3 Å². The second kappa shape index (κ2) is 6.02. The molecule has 1 N–H and O–H groups in total. The molecule has 7 heteroatoms. The highest BCUT2D eigenvalue weighted by molar-refractivity contribution is 7.91. The van der Waals surface area contributed by atoms with Crippen LogP contribution in [0.4, 0.5) is 5.82 Å². The minimum atomic E-state index is -2.89. The third-order valence-electron chi connectivity index (χ3n) is 5.45. The number of rotatable bonds is 7. The number of nitrogens with one attached hydrogen (secondary N) is 1. The van der Waals surface area contributed by atoms with Crippen LogP contribution in [-0.4, -0.2) is 48.0 Å². The topological polar surface area (TPSA) is 79.0 Å². The van der Waals surface area contributed by atoms with Crippen molar-refractivity contribution >= 4 is 26.7 Å². The van der Waals surface area contributed by atoms with Gasteiger partial charge in [-0.2, -0.15) is 0 Å². The third-order valence-corrected chi connectivity index (χ3v) is 7.29. The van der Waals surface area contributed by atoms with E-state index < -0.39 is 9.84 Å². The lowest BCUT2D eigenvalue weighted by molar-refractivity contribution is 0.282. The molecule has 4 rings (SSSR count). The first-order valence-electron chi connectivity index (χ1n) is 8.73. The quantitative estimate of drug-likeness (QED) is 0.831. The van der Waals surface area contributed by atoms with Gasteiger partial charge in [0.2, 0.25) is 0 Å². The maximum atomic E-state index is 12.2. The minimum Gasteiger partial charge on any atom is -0.356 e. The van der Waals surface area contributed by atoms with Gasteiger partial charge in [0.1, 0.15) is 17.8 Å². The first-order chi connectivity index (χ1) is 11.5. The highest BCUT2D eigenvalue weighted by atomic mass is 32.2. The summed E-state index contributed by atoms with van der Waals surface area (Å²) in [5, 5.41) is 1.01. The Morgan fingerprint density at radius 3 is 2.79 bits per heavy atom. The summed E-state index contributed by atoms with van der Waals surface area (Å²) >= 11 is 0. The van der Waals surface area contributed by atoms with E-state index in [0.29, 0.717) is 29.4 Å². The van der Waals surface area contributed by atoms with Gasteiger partial charge in [0.05, 0.1) is 16.9 Å². The van der Waals surface area contributed by atoms with Gasteiger partial charge in [-0.25, -0.2) is 18.4 Å². The molecule has 2 aliphatic rings. The fourth-order valence-electron chi connectivity index (χ4n) is 3.66. The summed E-state index contributed by atoms with van der Waals surface area (Å²) < 4.78 is 24.4. The van der Waals surface area contributed by atoms with E-state index in [1.807, 2.05) is 19.3 Å². The molecule has 0 spiro atoms. The number of anilines is 1. The zero-order valence-electron chi connectivity index (χ0n) is 14.0. The SMILES string of the molecule is CN(c1ncnc2[nH]ccc12)[C@H]1C[C@@H](CS(=O)(=O)CCC2CC2)C1. The number of H-pyrrole nitrogens is 1. The third kappa shape index (κ3) is 3.27. The maximum Gasteiger partial charge on any atom is 0.150 e. The van der Waals surface area contributed by atoms with E-state index in [-0.39, 0.29) is 0 Å². The molecule has 6 nitrogen and oxygen atoms in total. The van der Waals surface area contributed by atoms with E-state index in [0.717, 1.165) is 36.1 Å². The molecule has 2 aromatic heterocycles. The lowest BCUT2D eigenvalue weighted by atomic mass is 9.81. The molecular formula is C17H24N4O2S. The van der Waals surface area contributed by atoms with Crippen molar-refractivity contribution in [2.45, 2.75) is 38.1 Å². The van der Waals surface area contributed by atoms with E-state index in [9.17, 15) is 8.42 Å². The van der Waals surface area contributed by atoms with Crippen molar-refractivity contribution in [1.82, 2.24) is 15.0 Å². The Labute approximate surface area is 142 Å². The average Bonchev–Trinajstić information content (AvgIpc) is 3.23. The fourth-order valence-corrected chi connectivity index (χ4v) is 5.51. The fraction of sp³-hybridized carbons (Fsp3) is 0.647. The van der Waals surface area contributed by atoms with Crippen molar-refractivity contribution in [3.63, 3.8) is 0 Å². The van der Waals surface area contributed by atoms with E-state index in [2.05, 4.69) is 19.9 Å². The molecule has 0 saturated heterocycles. The molecule has 2 saturated carbocycles. The van der Waals surface area contributed by atoms with Crippen LogP contribution in [0.3, 0.4) is 0 Å². The zero-order valence-corrected chi connectivity index (χ0v) is 14.8. The molecule has 0 aliphatic heterocycles. The maximum absolute atomic E-state index is 12.2. The Morgan fingerprint density at radius 1 is 1.25 bits per heavy atom. The van der Waals surface area contributed by atoms with Crippen molar-refractivity contribution in [2.75, 3.05) is 23.5 Å². The van der Waals surface area contributed by atoms with Crippen molar-refractivity contribution in [1.29, 1.82) is 0 Å². The Morgan fingerprint density at radius 2 is 2.04 bits per heavy atom. The number of hydrogen-bond acceptors (Lipinski definition) is 5. The van der Waals surface area contributed by atoms with E-state index >= 15 is 0 Å². The minimum absolute atomic E-state index is 0.296. The molecule has 0 atom stereocenters. The Hall–Kier alpha value is -1.63. The van der Waals surface area contributed by atoms with Gasteiger partial charge in [-0.1, -0.05) is 12.8 Å². The monoisotopic (exact) mass is 348 g/mol. The Bertz CT molecular complexity index is 822. The molecule has 130 valence electrons. The summed E-state index contributed by atoms with van der Waals surface area (Å²) in [5.41, 5.74) is 0.838. The molecule has 2 aromatic rings. The summed E-state index contributed by atoms with van der Waals surface area (Å²) in [6.45, 7) is 0. The van der Waals surface area contributed by atoms with Gasteiger partial charge in [-0.15, -0.1) is 0 Å². The number of nitrogens with zero attached hydrogens (tertiary/aromatic N) is 3. The van der Waals surface area contributed by atoms with Crippen LogP contribution in [0.15, 0.2) is 18.6 Å². The van der Waals surface area contributed by atoms with E-state index in [1.54, 1.807) is 6.33 Å². The average molecular weight is 348 g/mol. The van der Waals surface area contributed by atoms with Crippen LogP contribution < -0.4 is 4.90 Å². The lowest BCUT2D eigenvalue weighted by Crippen LogP contribution is -2.45. The van der Waals surface area contributed by atoms with Gasteiger partial charge in [-0.05, 0) is 37.2 Å². The smallest absolute Gasteiger partial charge is 0.150 e. The number of aromatic amines is 1. The molecule has 0 aromatic carbocycles. The molecular weight excluding hydrogens is 324 g/mol. The highest BCUT2D eigenvalue weighted by Crippen LogP contribution is 2.37. The second-order valence-electron chi connectivity index (χ2n) is 7.39. The van der Waals surface area contributed by atoms with Crippen LogP contribution in [0.25, 0.3) is 11.0 Å². The molecule has 0 amide bonds. The molecule has 0 unspecified atom stereocenters. The second-order valence-corrected chi connectivity index (χ2v) is 9.61. The standard InChI is InChI=1S/C17H24N4O2S/c1-21(17-15-4-6-18-16(15)19-11-20-17)14-8-13(9-14)10-24(22,23)7-5-12-2-3-12/h4,6,11-14H,2-3,5,7-10H2,1H3,(H,18,19,20)/t13-,14+. The summed E-state index contributed by atoms with van der Waals surface area (Å²) in [7, 11) is -0.846. The van der Waals surface area contributed by atoms with Crippen molar-refractivity contribution in [2.24, 2.45) is 11.8 Å². The predicted molar refractivity (Wildman–Crippen MR) is 94.8 cm³/mol. The lowest BCUT2D eigenvalue weighted by Gasteiger charge is -2.41. The number of sulfone groups is 1. The molecule has 0 bridgehead atoms. The van der Waals surface area contributed by atoms with Crippen LogP contribution in [0.2, 0.25) is 0 Å².